The molecule has 0 aromatic rings. The van der Waals surface area contributed by atoms with Crippen molar-refractivity contribution in [1.29, 1.82) is 0 Å². The summed E-state index contributed by atoms with van der Waals surface area (Å²) in [7, 11) is -9.91. The highest BCUT2D eigenvalue weighted by molar-refractivity contribution is 7.47. The van der Waals surface area contributed by atoms with Gasteiger partial charge in [0.1, 0.15) is 19.3 Å². The molecule has 19 heteroatoms. The Balaban J connectivity index is 5.26. The van der Waals surface area contributed by atoms with E-state index in [4.69, 9.17) is 37.0 Å². The summed E-state index contributed by atoms with van der Waals surface area (Å²) in [5.74, 6) is -1.33. The van der Waals surface area contributed by atoms with Gasteiger partial charge in [-0.25, -0.2) is 9.13 Å². The summed E-state index contributed by atoms with van der Waals surface area (Å²) in [5, 5.41) is 10.6. The van der Waals surface area contributed by atoms with Crippen LogP contribution in [0.15, 0.2) is 0 Å². The Bertz CT molecular complexity index is 1860. The summed E-state index contributed by atoms with van der Waals surface area (Å²) < 4.78 is 68.6. The van der Waals surface area contributed by atoms with Crippen molar-refractivity contribution >= 4 is 39.5 Å². The molecular formula is C78H152O17P2. The van der Waals surface area contributed by atoms with Gasteiger partial charge in [-0.15, -0.1) is 0 Å². The molecule has 97 heavy (non-hydrogen) atoms. The molecule has 0 saturated heterocycles. The highest BCUT2D eigenvalue weighted by Crippen LogP contribution is 2.45. The van der Waals surface area contributed by atoms with Gasteiger partial charge in [0, 0.05) is 25.7 Å². The van der Waals surface area contributed by atoms with Crippen molar-refractivity contribution in [3.05, 3.63) is 0 Å². The van der Waals surface area contributed by atoms with Gasteiger partial charge < -0.3 is 33.8 Å². The molecule has 0 fully saturated rings. The fourth-order valence-electron chi connectivity index (χ4n) is 12.1. The van der Waals surface area contributed by atoms with Crippen LogP contribution in [0.4, 0.5) is 0 Å². The highest BCUT2D eigenvalue weighted by atomic mass is 31.2. The van der Waals surface area contributed by atoms with E-state index in [1.54, 1.807) is 0 Å². The smallest absolute Gasteiger partial charge is 0.462 e. The molecule has 0 amide bonds. The minimum atomic E-state index is -4.96. The average molecular weight is 1420 g/mol. The van der Waals surface area contributed by atoms with Gasteiger partial charge >= 0.3 is 39.5 Å². The monoisotopic (exact) mass is 1420 g/mol. The number of unbranched alkanes of at least 4 members (excludes halogenated alkanes) is 50. The van der Waals surface area contributed by atoms with E-state index >= 15 is 0 Å². The fourth-order valence-corrected chi connectivity index (χ4v) is 13.6. The van der Waals surface area contributed by atoms with Crippen LogP contribution in [0.2, 0.25) is 0 Å². The number of phosphoric ester groups is 2. The molecule has 576 valence electrons. The number of rotatable bonds is 78. The molecule has 0 aliphatic heterocycles. The van der Waals surface area contributed by atoms with E-state index in [1.165, 1.54) is 238 Å². The lowest BCUT2D eigenvalue weighted by molar-refractivity contribution is -0.161. The van der Waals surface area contributed by atoms with Gasteiger partial charge in [0.2, 0.25) is 0 Å². The summed E-state index contributed by atoms with van der Waals surface area (Å²) >= 11 is 0. The number of hydrogen-bond acceptors (Lipinski definition) is 15. The minimum absolute atomic E-state index is 0.109. The second-order valence-corrected chi connectivity index (χ2v) is 31.5. The SMILES string of the molecule is CCCCCCCCCCCCCCCCCCC(=O)O[C@H](COC(=O)CCCCCCCCCCCCCCC(C)C)COP(=O)(O)OC[C@@H](O)COP(=O)(O)OC[C@@H](COC(=O)CCCCCCCCCCCCC)OC(=O)CCCCCCCCCCCCCCCCC. The van der Waals surface area contributed by atoms with Crippen molar-refractivity contribution in [2.45, 2.75) is 432 Å². The van der Waals surface area contributed by atoms with Crippen LogP contribution < -0.4 is 0 Å². The number of phosphoric acid groups is 2. The maximum absolute atomic E-state index is 13.1. The number of aliphatic hydroxyl groups is 1. The third-order valence-electron chi connectivity index (χ3n) is 18.3. The molecule has 0 radical (unpaired) electrons. The third-order valence-corrected chi connectivity index (χ3v) is 20.2. The summed E-state index contributed by atoms with van der Waals surface area (Å²) in [6.45, 7) is 7.33. The average Bonchev–Trinajstić information content (AvgIpc) is 2.01. The van der Waals surface area contributed by atoms with Crippen LogP contribution in [0.3, 0.4) is 0 Å². The van der Waals surface area contributed by atoms with Crippen LogP contribution in [0.25, 0.3) is 0 Å². The predicted octanol–water partition coefficient (Wildman–Crippen LogP) is 23.3. The van der Waals surface area contributed by atoms with E-state index in [0.717, 1.165) is 95.8 Å². The Morgan fingerprint density at radius 1 is 0.278 bits per heavy atom. The second-order valence-electron chi connectivity index (χ2n) is 28.6. The number of carbonyl (C=O) groups is 4. The lowest BCUT2D eigenvalue weighted by Crippen LogP contribution is -2.30. The molecule has 0 aliphatic rings. The van der Waals surface area contributed by atoms with Crippen LogP contribution in [-0.2, 0) is 65.4 Å². The summed E-state index contributed by atoms with van der Waals surface area (Å²) in [5.41, 5.74) is 0. The highest BCUT2D eigenvalue weighted by Gasteiger charge is 2.30. The molecule has 3 N–H and O–H groups in total. The first-order valence-corrected chi connectivity index (χ1v) is 43.6. The molecule has 0 aliphatic carbocycles. The first kappa shape index (κ1) is 95.1. The van der Waals surface area contributed by atoms with Crippen LogP contribution in [-0.4, -0.2) is 96.7 Å². The normalized spacial score (nSPS) is 13.9. The van der Waals surface area contributed by atoms with Crippen LogP contribution in [0, 0.1) is 5.92 Å². The van der Waals surface area contributed by atoms with E-state index in [1.807, 2.05) is 0 Å². The van der Waals surface area contributed by atoms with Gasteiger partial charge in [-0.1, -0.05) is 362 Å². The largest absolute Gasteiger partial charge is 0.472 e. The van der Waals surface area contributed by atoms with Gasteiger partial charge in [0.25, 0.3) is 0 Å². The lowest BCUT2D eigenvalue weighted by atomic mass is 10.0. The van der Waals surface area contributed by atoms with E-state index < -0.39 is 97.5 Å². The molecule has 5 atom stereocenters. The Hall–Kier alpha value is -1.94. The molecule has 0 rings (SSSR count). The molecule has 0 aromatic heterocycles. The summed E-state index contributed by atoms with van der Waals surface area (Å²) in [6, 6.07) is 0. The number of aliphatic hydroxyl groups excluding tert-OH is 1. The molecule has 0 aromatic carbocycles. The zero-order chi connectivity index (χ0) is 71.2. The van der Waals surface area contributed by atoms with Crippen molar-refractivity contribution in [2.24, 2.45) is 5.92 Å². The first-order chi connectivity index (χ1) is 47.0. The maximum atomic E-state index is 13.1. The van der Waals surface area contributed by atoms with Crippen LogP contribution in [0.1, 0.15) is 413 Å². The molecule has 17 nitrogen and oxygen atoms in total. The van der Waals surface area contributed by atoms with Gasteiger partial charge in [0.15, 0.2) is 12.2 Å². The van der Waals surface area contributed by atoms with Crippen LogP contribution in [0.5, 0.6) is 0 Å². The summed E-state index contributed by atoms with van der Waals surface area (Å²) in [4.78, 5) is 72.9. The zero-order valence-corrected chi connectivity index (χ0v) is 65.0. The third kappa shape index (κ3) is 72.2. The van der Waals surface area contributed by atoms with E-state index in [2.05, 4.69) is 34.6 Å². The predicted molar refractivity (Wildman–Crippen MR) is 395 cm³/mol. The van der Waals surface area contributed by atoms with Gasteiger partial charge in [-0.2, -0.15) is 0 Å². The molecule has 2 unspecified atom stereocenters. The topological polar surface area (TPSA) is 237 Å². The molecule has 0 heterocycles. The van der Waals surface area contributed by atoms with E-state index in [9.17, 15) is 43.2 Å². The summed E-state index contributed by atoms with van der Waals surface area (Å²) in [6.07, 6.45) is 60.8. The number of ether oxygens (including phenoxy) is 4. The van der Waals surface area contributed by atoms with E-state index in [-0.39, 0.29) is 25.7 Å². The molecule has 0 saturated carbocycles. The van der Waals surface area contributed by atoms with Crippen molar-refractivity contribution in [1.82, 2.24) is 0 Å². The number of esters is 4. The van der Waals surface area contributed by atoms with Crippen molar-refractivity contribution < 1.29 is 80.2 Å². The van der Waals surface area contributed by atoms with Crippen LogP contribution >= 0.6 is 15.6 Å². The first-order valence-electron chi connectivity index (χ1n) is 40.6. The van der Waals surface area contributed by atoms with Crippen molar-refractivity contribution in [2.75, 3.05) is 39.6 Å². The zero-order valence-electron chi connectivity index (χ0n) is 63.2. The number of hydrogen-bond donors (Lipinski definition) is 3. The lowest BCUT2D eigenvalue weighted by Gasteiger charge is -2.21. The maximum Gasteiger partial charge on any atom is 0.472 e. The van der Waals surface area contributed by atoms with Gasteiger partial charge in [0.05, 0.1) is 26.4 Å². The second kappa shape index (κ2) is 71.1. The van der Waals surface area contributed by atoms with Gasteiger partial charge in [-0.05, 0) is 31.6 Å². The van der Waals surface area contributed by atoms with Crippen molar-refractivity contribution in [3.8, 4) is 0 Å². The number of carbonyl (C=O) groups excluding carboxylic acids is 4. The van der Waals surface area contributed by atoms with Crippen molar-refractivity contribution in [3.63, 3.8) is 0 Å². The van der Waals surface area contributed by atoms with E-state index in [0.29, 0.717) is 25.7 Å². The standard InChI is InChI=1S/C78H152O17P2/c1-6-9-12-15-18-21-24-26-28-30-32-39-44-49-54-59-64-78(83)95-74(68-89-76(81)62-57-52-47-42-37-34-33-36-40-45-50-55-60-71(4)5)70-93-97(86,87)91-66-72(79)65-90-96(84,85)92-69-73(67-88-75(80)61-56-51-46-41-35-23-20-17-14-11-8-3)94-77(82)63-58-53-48-43-38-31-29-27-25-22-19-16-13-10-7-2/h71-74,79H,6-70H2,1-5H3,(H,84,85)(H,86,87)/t72-,73+,74+/m0/s1. The Morgan fingerprint density at radius 3 is 0.701 bits per heavy atom. The molecule has 0 bridgehead atoms. The van der Waals surface area contributed by atoms with Gasteiger partial charge in [-0.3, -0.25) is 37.3 Å². The quantitative estimate of drug-likeness (QED) is 0.0222. The molecular weight excluding hydrogens is 1270 g/mol. The Kier molecular flexibility index (Phi) is 69.6. The fraction of sp³-hybridized carbons (Fsp3) is 0.949. The Labute approximate surface area is 594 Å². The molecule has 0 spiro atoms. The minimum Gasteiger partial charge on any atom is -0.462 e. The Morgan fingerprint density at radius 2 is 0.474 bits per heavy atom.